The van der Waals surface area contributed by atoms with E-state index in [0.29, 0.717) is 18.5 Å². The second-order valence-electron chi connectivity index (χ2n) is 5.70. The highest BCUT2D eigenvalue weighted by molar-refractivity contribution is 5.83. The molecule has 2 fully saturated rings. The Morgan fingerprint density at radius 2 is 2.20 bits per heavy atom. The van der Waals surface area contributed by atoms with Crippen LogP contribution in [-0.4, -0.2) is 36.5 Å². The lowest BCUT2D eigenvalue weighted by molar-refractivity contribution is -0.135. The molecule has 0 aromatic heterocycles. The highest BCUT2D eigenvalue weighted by Crippen LogP contribution is 2.49. The van der Waals surface area contributed by atoms with Crippen molar-refractivity contribution in [3.05, 3.63) is 35.4 Å². The van der Waals surface area contributed by atoms with E-state index in [-0.39, 0.29) is 23.8 Å². The van der Waals surface area contributed by atoms with Crippen molar-refractivity contribution < 1.29 is 13.6 Å². The Kier molecular flexibility index (Phi) is 3.46. The third-order valence-electron chi connectivity index (χ3n) is 4.25. The van der Waals surface area contributed by atoms with Gasteiger partial charge in [0.15, 0.2) is 0 Å². The normalized spacial score (nSPS) is 29.4. The first-order chi connectivity index (χ1) is 9.58. The van der Waals surface area contributed by atoms with Crippen LogP contribution < -0.4 is 5.32 Å². The Hall–Kier alpha value is -1.49. The van der Waals surface area contributed by atoms with E-state index >= 15 is 0 Å². The van der Waals surface area contributed by atoms with Crippen molar-refractivity contribution in [2.75, 3.05) is 19.6 Å². The summed E-state index contributed by atoms with van der Waals surface area (Å²) < 4.78 is 26.6. The molecule has 1 saturated carbocycles. The van der Waals surface area contributed by atoms with Crippen LogP contribution in [0.1, 0.15) is 24.8 Å². The van der Waals surface area contributed by atoms with E-state index in [0.717, 1.165) is 19.2 Å². The number of carbonyl (C=O) groups excluding carboxylic acids is 1. The molecule has 1 saturated heterocycles. The Bertz CT molecular complexity index is 535. The molecule has 0 spiro atoms. The Labute approximate surface area is 117 Å². The molecule has 3 nitrogen and oxygen atoms in total. The molecule has 3 atom stereocenters. The van der Waals surface area contributed by atoms with Gasteiger partial charge in [-0.15, -0.1) is 0 Å². The van der Waals surface area contributed by atoms with Crippen LogP contribution in [0.25, 0.3) is 0 Å². The first-order valence-corrected chi connectivity index (χ1v) is 7.04. The minimum atomic E-state index is -0.578. The largest absolute Gasteiger partial charge is 0.337 e. The highest BCUT2D eigenvalue weighted by Gasteiger charge is 2.47. The third-order valence-corrected chi connectivity index (χ3v) is 4.25. The molecule has 1 N–H and O–H groups in total. The quantitative estimate of drug-likeness (QED) is 0.897. The van der Waals surface area contributed by atoms with E-state index in [2.05, 4.69) is 5.32 Å². The molecule has 108 valence electrons. The maximum atomic E-state index is 13.7. The standard InChI is InChI=1S/C15H18F2N2O/c1-9-8-18-4-5-19(9)15(20)13-7-12(13)11-3-2-10(16)6-14(11)17/h2-3,6,9,12-13,18H,4-5,7-8H2,1H3/t9-,12?,13?/m0/s1. The average molecular weight is 280 g/mol. The fraction of sp³-hybridized carbons (Fsp3) is 0.533. The van der Waals surface area contributed by atoms with E-state index in [1.807, 2.05) is 11.8 Å². The number of rotatable bonds is 2. The summed E-state index contributed by atoms with van der Waals surface area (Å²) in [6.07, 6.45) is 0.665. The van der Waals surface area contributed by atoms with E-state index < -0.39 is 11.6 Å². The molecule has 1 aliphatic heterocycles. The van der Waals surface area contributed by atoms with Gasteiger partial charge in [0, 0.05) is 37.7 Å². The number of nitrogens with one attached hydrogen (secondary N) is 1. The third kappa shape index (κ3) is 2.42. The molecule has 1 aromatic rings. The number of nitrogens with zero attached hydrogens (tertiary/aromatic N) is 1. The lowest BCUT2D eigenvalue weighted by Crippen LogP contribution is -2.52. The van der Waals surface area contributed by atoms with Gasteiger partial charge in [0.1, 0.15) is 11.6 Å². The van der Waals surface area contributed by atoms with Crippen molar-refractivity contribution in [1.82, 2.24) is 10.2 Å². The zero-order valence-electron chi connectivity index (χ0n) is 11.4. The number of hydrogen-bond acceptors (Lipinski definition) is 2. The second kappa shape index (κ2) is 5.13. The molecule has 1 heterocycles. The molecular weight excluding hydrogens is 262 g/mol. The first kappa shape index (κ1) is 13.5. The van der Waals surface area contributed by atoms with E-state index in [4.69, 9.17) is 0 Å². The van der Waals surface area contributed by atoms with Crippen LogP contribution in [-0.2, 0) is 4.79 Å². The van der Waals surface area contributed by atoms with Gasteiger partial charge in [-0.2, -0.15) is 0 Å². The summed E-state index contributed by atoms with van der Waals surface area (Å²) in [6, 6.07) is 3.79. The zero-order chi connectivity index (χ0) is 14.3. The minimum absolute atomic E-state index is 0.0924. The summed E-state index contributed by atoms with van der Waals surface area (Å²) in [4.78, 5) is 14.3. The molecule has 0 radical (unpaired) electrons. The van der Waals surface area contributed by atoms with Gasteiger partial charge in [0.25, 0.3) is 0 Å². The molecule has 0 bridgehead atoms. The maximum Gasteiger partial charge on any atom is 0.226 e. The van der Waals surface area contributed by atoms with Gasteiger partial charge in [-0.1, -0.05) is 6.07 Å². The Morgan fingerprint density at radius 1 is 1.40 bits per heavy atom. The Balaban J connectivity index is 1.70. The van der Waals surface area contributed by atoms with Crippen LogP contribution >= 0.6 is 0 Å². The summed E-state index contributed by atoms with van der Waals surface area (Å²) in [7, 11) is 0. The van der Waals surface area contributed by atoms with Gasteiger partial charge < -0.3 is 10.2 Å². The summed E-state index contributed by atoms with van der Waals surface area (Å²) in [5.74, 6) is -1.25. The predicted molar refractivity (Wildman–Crippen MR) is 71.3 cm³/mol. The van der Waals surface area contributed by atoms with Crippen molar-refractivity contribution in [2.45, 2.75) is 25.3 Å². The van der Waals surface area contributed by atoms with Gasteiger partial charge in [-0.3, -0.25) is 4.79 Å². The van der Waals surface area contributed by atoms with Crippen molar-refractivity contribution in [3.8, 4) is 0 Å². The molecule has 1 aliphatic carbocycles. The van der Waals surface area contributed by atoms with E-state index in [1.165, 1.54) is 12.1 Å². The number of benzene rings is 1. The van der Waals surface area contributed by atoms with Gasteiger partial charge in [-0.25, -0.2) is 8.78 Å². The smallest absolute Gasteiger partial charge is 0.226 e. The SMILES string of the molecule is C[C@H]1CNCCN1C(=O)C1CC1c1ccc(F)cc1F. The summed E-state index contributed by atoms with van der Waals surface area (Å²) in [5.41, 5.74) is 0.465. The number of hydrogen-bond donors (Lipinski definition) is 1. The fourth-order valence-corrected chi connectivity index (χ4v) is 3.00. The first-order valence-electron chi connectivity index (χ1n) is 7.04. The fourth-order valence-electron chi connectivity index (χ4n) is 3.00. The van der Waals surface area contributed by atoms with Crippen molar-refractivity contribution >= 4 is 5.91 Å². The molecule has 5 heteroatoms. The number of halogens is 2. The van der Waals surface area contributed by atoms with Crippen molar-refractivity contribution in [2.24, 2.45) is 5.92 Å². The molecular formula is C15H18F2N2O. The average Bonchev–Trinajstić information content (AvgIpc) is 3.18. The van der Waals surface area contributed by atoms with Gasteiger partial charge in [0.2, 0.25) is 5.91 Å². The van der Waals surface area contributed by atoms with Crippen LogP contribution in [0.2, 0.25) is 0 Å². The number of amides is 1. The minimum Gasteiger partial charge on any atom is -0.337 e. The lowest BCUT2D eigenvalue weighted by atomic mass is 10.1. The van der Waals surface area contributed by atoms with Crippen LogP contribution in [0.4, 0.5) is 8.78 Å². The van der Waals surface area contributed by atoms with Gasteiger partial charge in [0.05, 0.1) is 0 Å². The molecule has 2 aliphatic rings. The zero-order valence-corrected chi connectivity index (χ0v) is 11.4. The van der Waals surface area contributed by atoms with Gasteiger partial charge in [-0.05, 0) is 30.9 Å². The molecule has 1 aromatic carbocycles. The van der Waals surface area contributed by atoms with Crippen molar-refractivity contribution in [3.63, 3.8) is 0 Å². The summed E-state index contributed by atoms with van der Waals surface area (Å²) in [6.45, 7) is 4.32. The second-order valence-corrected chi connectivity index (χ2v) is 5.70. The van der Waals surface area contributed by atoms with Gasteiger partial charge >= 0.3 is 0 Å². The van der Waals surface area contributed by atoms with E-state index in [1.54, 1.807) is 0 Å². The maximum absolute atomic E-state index is 13.7. The number of carbonyl (C=O) groups is 1. The highest BCUT2D eigenvalue weighted by atomic mass is 19.1. The number of piperazine rings is 1. The van der Waals surface area contributed by atoms with E-state index in [9.17, 15) is 13.6 Å². The van der Waals surface area contributed by atoms with Crippen LogP contribution in [0.5, 0.6) is 0 Å². The molecule has 3 rings (SSSR count). The topological polar surface area (TPSA) is 32.3 Å². The predicted octanol–water partition coefficient (Wildman–Crippen LogP) is 1.89. The summed E-state index contributed by atoms with van der Waals surface area (Å²) >= 11 is 0. The molecule has 20 heavy (non-hydrogen) atoms. The van der Waals surface area contributed by atoms with Crippen LogP contribution in [0, 0.1) is 17.6 Å². The lowest BCUT2D eigenvalue weighted by Gasteiger charge is -2.34. The molecule has 1 amide bonds. The van der Waals surface area contributed by atoms with Crippen molar-refractivity contribution in [1.29, 1.82) is 0 Å². The van der Waals surface area contributed by atoms with Crippen LogP contribution in [0.15, 0.2) is 18.2 Å². The van der Waals surface area contributed by atoms with Crippen LogP contribution in [0.3, 0.4) is 0 Å². The Morgan fingerprint density at radius 3 is 2.90 bits per heavy atom. The monoisotopic (exact) mass is 280 g/mol. The summed E-state index contributed by atoms with van der Waals surface area (Å²) in [5, 5.41) is 3.24. The molecule has 2 unspecified atom stereocenters.